The van der Waals surface area contributed by atoms with Crippen LogP contribution in [0.2, 0.25) is 0 Å². The van der Waals surface area contributed by atoms with Gasteiger partial charge >= 0.3 is 6.18 Å². The van der Waals surface area contributed by atoms with Gasteiger partial charge in [-0.25, -0.2) is 0 Å². The zero-order valence-electron chi connectivity index (χ0n) is 15.9. The zero-order chi connectivity index (χ0) is 20.3. The van der Waals surface area contributed by atoms with Crippen LogP contribution in [-0.2, 0) is 17.5 Å². The third-order valence-electron chi connectivity index (χ3n) is 5.33. The van der Waals surface area contributed by atoms with Crippen molar-refractivity contribution in [1.29, 1.82) is 0 Å². The first kappa shape index (κ1) is 20.1. The molecule has 0 amide bonds. The molecule has 29 heavy (non-hydrogen) atoms. The van der Waals surface area contributed by atoms with Crippen LogP contribution in [0, 0.1) is 5.92 Å². The van der Waals surface area contributed by atoms with Gasteiger partial charge in [0.1, 0.15) is 11.4 Å². The molecule has 2 aliphatic rings. The SMILES string of the molecule is FC(F)(F)c1cc(OCC2CCN(Cc3nnc(C4CCOC4)o3)CC2)ccn1. The highest BCUT2D eigenvalue weighted by Gasteiger charge is 2.33. The van der Waals surface area contributed by atoms with Gasteiger partial charge in [-0.1, -0.05) is 0 Å². The zero-order valence-corrected chi connectivity index (χ0v) is 15.9. The second-order valence-electron chi connectivity index (χ2n) is 7.50. The Bertz CT molecular complexity index is 800. The maximum absolute atomic E-state index is 12.7. The van der Waals surface area contributed by atoms with E-state index >= 15 is 0 Å². The Morgan fingerprint density at radius 3 is 2.72 bits per heavy atom. The number of rotatable bonds is 6. The largest absolute Gasteiger partial charge is 0.493 e. The molecule has 4 rings (SSSR count). The fourth-order valence-corrected chi connectivity index (χ4v) is 3.60. The molecule has 10 heteroatoms. The Kier molecular flexibility index (Phi) is 6.00. The van der Waals surface area contributed by atoms with Crippen LogP contribution >= 0.6 is 0 Å². The molecule has 4 heterocycles. The van der Waals surface area contributed by atoms with E-state index < -0.39 is 11.9 Å². The van der Waals surface area contributed by atoms with Crippen LogP contribution in [-0.4, -0.2) is 53.0 Å². The maximum Gasteiger partial charge on any atom is 0.433 e. The van der Waals surface area contributed by atoms with Crippen molar-refractivity contribution in [3.8, 4) is 5.75 Å². The number of hydrogen-bond donors (Lipinski definition) is 0. The van der Waals surface area contributed by atoms with Gasteiger partial charge in [0.15, 0.2) is 0 Å². The van der Waals surface area contributed by atoms with Gasteiger partial charge < -0.3 is 13.9 Å². The number of nitrogens with zero attached hydrogens (tertiary/aromatic N) is 4. The van der Waals surface area contributed by atoms with E-state index in [1.54, 1.807) is 0 Å². The Balaban J connectivity index is 1.22. The molecule has 0 bridgehead atoms. The van der Waals surface area contributed by atoms with Gasteiger partial charge in [0.25, 0.3) is 0 Å². The van der Waals surface area contributed by atoms with Gasteiger partial charge in [-0.05, 0) is 44.3 Å². The highest BCUT2D eigenvalue weighted by atomic mass is 19.4. The Labute approximate surface area is 166 Å². The van der Waals surface area contributed by atoms with Crippen LogP contribution < -0.4 is 4.74 Å². The minimum Gasteiger partial charge on any atom is -0.493 e. The standard InChI is InChI=1S/C19H23F3N4O3/c20-19(21,22)16-9-15(1-5-23-16)28-11-13-2-6-26(7-3-13)10-17-24-25-18(29-17)14-4-8-27-12-14/h1,5,9,13-14H,2-4,6-8,10-12H2. The van der Waals surface area contributed by atoms with Gasteiger partial charge in [-0.3, -0.25) is 9.88 Å². The van der Waals surface area contributed by atoms with Gasteiger partial charge in [0, 0.05) is 18.9 Å². The lowest BCUT2D eigenvalue weighted by atomic mass is 9.98. The van der Waals surface area contributed by atoms with E-state index in [9.17, 15) is 13.2 Å². The molecule has 1 unspecified atom stereocenters. The molecule has 7 nitrogen and oxygen atoms in total. The molecule has 2 aromatic rings. The van der Waals surface area contributed by atoms with Crippen LogP contribution in [0.3, 0.4) is 0 Å². The lowest BCUT2D eigenvalue weighted by Gasteiger charge is -2.30. The number of halogens is 3. The quantitative estimate of drug-likeness (QED) is 0.721. The van der Waals surface area contributed by atoms with Crippen LogP contribution in [0.1, 0.15) is 42.7 Å². The molecular weight excluding hydrogens is 389 g/mol. The first-order valence-electron chi connectivity index (χ1n) is 9.76. The summed E-state index contributed by atoms with van der Waals surface area (Å²) in [6.45, 7) is 4.06. The van der Waals surface area contributed by atoms with E-state index in [-0.39, 0.29) is 11.7 Å². The van der Waals surface area contributed by atoms with Crippen LogP contribution in [0.25, 0.3) is 0 Å². The predicted molar refractivity (Wildman–Crippen MR) is 95.2 cm³/mol. The lowest BCUT2D eigenvalue weighted by Crippen LogP contribution is -2.35. The molecule has 0 saturated carbocycles. The summed E-state index contributed by atoms with van der Waals surface area (Å²) in [5.74, 6) is 1.95. The topological polar surface area (TPSA) is 73.5 Å². The van der Waals surface area contributed by atoms with Gasteiger partial charge in [0.05, 0.1) is 25.7 Å². The normalized spacial score (nSPS) is 21.6. The first-order valence-corrected chi connectivity index (χ1v) is 9.76. The van der Waals surface area contributed by atoms with Crippen molar-refractivity contribution in [2.24, 2.45) is 5.92 Å². The van der Waals surface area contributed by atoms with E-state index in [0.717, 1.165) is 51.2 Å². The van der Waals surface area contributed by atoms with E-state index in [4.69, 9.17) is 13.9 Å². The summed E-state index contributed by atoms with van der Waals surface area (Å²) >= 11 is 0. The molecule has 0 spiro atoms. The van der Waals surface area contributed by atoms with E-state index in [0.29, 0.717) is 37.5 Å². The number of hydrogen-bond acceptors (Lipinski definition) is 7. The summed E-state index contributed by atoms with van der Waals surface area (Å²) < 4.78 is 54.9. The van der Waals surface area contributed by atoms with Crippen LogP contribution in [0.5, 0.6) is 5.75 Å². The fourth-order valence-electron chi connectivity index (χ4n) is 3.60. The third kappa shape index (κ3) is 5.24. The molecule has 0 aliphatic carbocycles. The van der Waals surface area contributed by atoms with Crippen molar-refractivity contribution in [3.63, 3.8) is 0 Å². The van der Waals surface area contributed by atoms with Crippen LogP contribution in [0.4, 0.5) is 13.2 Å². The monoisotopic (exact) mass is 412 g/mol. The predicted octanol–water partition coefficient (Wildman–Crippen LogP) is 3.28. The van der Waals surface area contributed by atoms with Gasteiger partial charge in [0.2, 0.25) is 11.8 Å². The summed E-state index contributed by atoms with van der Waals surface area (Å²) in [7, 11) is 0. The molecule has 2 fully saturated rings. The average Bonchev–Trinajstić information content (AvgIpc) is 3.39. The van der Waals surface area contributed by atoms with Crippen molar-refractivity contribution in [2.45, 2.75) is 37.9 Å². The minimum absolute atomic E-state index is 0.198. The average molecular weight is 412 g/mol. The summed E-state index contributed by atoms with van der Waals surface area (Å²) in [5.41, 5.74) is -0.937. The smallest absolute Gasteiger partial charge is 0.433 e. The highest BCUT2D eigenvalue weighted by molar-refractivity contribution is 5.24. The van der Waals surface area contributed by atoms with Crippen molar-refractivity contribution in [2.75, 3.05) is 32.9 Å². The van der Waals surface area contributed by atoms with Gasteiger partial charge in [-0.15, -0.1) is 10.2 Å². The Morgan fingerprint density at radius 2 is 2.00 bits per heavy atom. The van der Waals surface area contributed by atoms with Crippen molar-refractivity contribution >= 4 is 0 Å². The number of likely N-dealkylation sites (tertiary alicyclic amines) is 1. The number of alkyl halides is 3. The fraction of sp³-hybridized carbons (Fsp3) is 0.632. The van der Waals surface area contributed by atoms with E-state index in [1.165, 1.54) is 6.07 Å². The number of aromatic nitrogens is 3. The molecule has 0 N–H and O–H groups in total. The van der Waals surface area contributed by atoms with E-state index in [1.807, 2.05) is 0 Å². The van der Waals surface area contributed by atoms with Crippen molar-refractivity contribution in [3.05, 3.63) is 35.8 Å². The summed E-state index contributed by atoms with van der Waals surface area (Å²) in [6.07, 6.45) is -0.639. The molecule has 2 saturated heterocycles. The van der Waals surface area contributed by atoms with Gasteiger partial charge in [-0.2, -0.15) is 13.2 Å². The number of piperidine rings is 1. The first-order chi connectivity index (χ1) is 14.0. The highest BCUT2D eigenvalue weighted by Crippen LogP contribution is 2.30. The van der Waals surface area contributed by atoms with Crippen LogP contribution in [0.15, 0.2) is 22.7 Å². The second kappa shape index (κ2) is 8.66. The Hall–Kier alpha value is -2.20. The molecule has 158 valence electrons. The summed E-state index contributed by atoms with van der Waals surface area (Å²) in [5, 5.41) is 8.28. The maximum atomic E-state index is 12.7. The molecular formula is C19H23F3N4O3. The molecule has 2 aromatic heterocycles. The number of ether oxygens (including phenoxy) is 2. The molecule has 0 radical (unpaired) electrons. The van der Waals surface area contributed by atoms with Crippen molar-refractivity contribution in [1.82, 2.24) is 20.1 Å². The summed E-state index contributed by atoms with van der Waals surface area (Å²) in [6, 6.07) is 2.39. The van der Waals surface area contributed by atoms with Crippen molar-refractivity contribution < 1.29 is 27.1 Å². The molecule has 2 aliphatic heterocycles. The summed E-state index contributed by atoms with van der Waals surface area (Å²) in [4.78, 5) is 5.59. The Morgan fingerprint density at radius 1 is 1.17 bits per heavy atom. The molecule has 1 atom stereocenters. The lowest BCUT2D eigenvalue weighted by molar-refractivity contribution is -0.141. The minimum atomic E-state index is -4.47. The second-order valence-corrected chi connectivity index (χ2v) is 7.50. The van der Waals surface area contributed by atoms with E-state index in [2.05, 4.69) is 20.1 Å². The third-order valence-corrected chi connectivity index (χ3v) is 5.33. The molecule has 0 aromatic carbocycles. The number of pyridine rings is 1.